The number of hydrogen-bond acceptors (Lipinski definition) is 7. The van der Waals surface area contributed by atoms with Crippen LogP contribution in [0.1, 0.15) is 12.0 Å². The second-order valence-corrected chi connectivity index (χ2v) is 6.46. The smallest absolute Gasteiger partial charge is 0.327 e. The first-order chi connectivity index (χ1) is 11.2. The van der Waals surface area contributed by atoms with Crippen LogP contribution >= 0.6 is 24.0 Å². The highest BCUT2D eigenvalue weighted by Crippen LogP contribution is 2.35. The minimum Gasteiger partial charge on any atom is -0.508 e. The second kappa shape index (κ2) is 6.89. The van der Waals surface area contributed by atoms with Crippen molar-refractivity contribution >= 4 is 52.2 Å². The van der Waals surface area contributed by atoms with Crippen LogP contribution in [0.3, 0.4) is 0 Å². The highest BCUT2D eigenvalue weighted by Gasteiger charge is 2.41. The van der Waals surface area contributed by atoms with Gasteiger partial charge in [0.1, 0.15) is 21.9 Å². The van der Waals surface area contributed by atoms with Crippen molar-refractivity contribution in [3.8, 4) is 11.5 Å². The number of aromatic hydroxyl groups is 2. The molecule has 10 heteroatoms. The summed E-state index contributed by atoms with van der Waals surface area (Å²) in [5.41, 5.74) is 0.304. The van der Waals surface area contributed by atoms with E-state index in [9.17, 15) is 24.6 Å². The number of nitrogens with zero attached hydrogens (tertiary/aromatic N) is 1. The summed E-state index contributed by atoms with van der Waals surface area (Å²) in [7, 11) is 0. The highest BCUT2D eigenvalue weighted by atomic mass is 32.2. The number of carboxylic acids is 2. The van der Waals surface area contributed by atoms with E-state index in [2.05, 4.69) is 0 Å². The van der Waals surface area contributed by atoms with Crippen LogP contribution in [-0.2, 0) is 14.4 Å². The monoisotopic (exact) mass is 369 g/mol. The molecule has 1 atom stereocenters. The molecular weight excluding hydrogens is 358 g/mol. The standard InChI is InChI=1S/C14H11NO7S2/c16-7-1-6(2-8(17)4-7)3-10-12(20)15(14(23)24-10)9(13(21)22)5-11(18)19/h1-4,9,16-17H,5H2,(H,18,19)(H,21,22)/b10-3-. The molecule has 0 aromatic heterocycles. The summed E-state index contributed by atoms with van der Waals surface area (Å²) in [6.45, 7) is 0. The molecule has 8 nitrogen and oxygen atoms in total. The molecular formula is C14H11NO7S2. The number of hydrogen-bond donors (Lipinski definition) is 4. The first-order valence-corrected chi connectivity index (χ1v) is 7.66. The third kappa shape index (κ3) is 3.84. The summed E-state index contributed by atoms with van der Waals surface area (Å²) in [6.07, 6.45) is 0.528. The lowest BCUT2D eigenvalue weighted by atomic mass is 10.1. The fourth-order valence-electron chi connectivity index (χ4n) is 2.06. The molecule has 0 aliphatic carbocycles. The third-order valence-electron chi connectivity index (χ3n) is 3.01. The molecule has 1 aromatic carbocycles. The van der Waals surface area contributed by atoms with Crippen molar-refractivity contribution in [1.82, 2.24) is 4.90 Å². The van der Waals surface area contributed by atoms with Gasteiger partial charge in [0, 0.05) is 6.07 Å². The number of amides is 1. The molecule has 1 heterocycles. The highest BCUT2D eigenvalue weighted by molar-refractivity contribution is 8.26. The topological polar surface area (TPSA) is 135 Å². The normalized spacial score (nSPS) is 17.3. The molecule has 1 aliphatic rings. The number of thiocarbonyl (C=S) groups is 1. The number of phenols is 2. The van der Waals surface area contributed by atoms with Gasteiger partial charge in [-0.3, -0.25) is 14.5 Å². The van der Waals surface area contributed by atoms with Crippen LogP contribution in [0, 0.1) is 0 Å². The molecule has 24 heavy (non-hydrogen) atoms. The van der Waals surface area contributed by atoms with Crippen molar-refractivity contribution < 1.29 is 34.8 Å². The van der Waals surface area contributed by atoms with E-state index < -0.39 is 30.3 Å². The van der Waals surface area contributed by atoms with Crippen LogP contribution in [0.15, 0.2) is 23.1 Å². The number of carbonyl (C=O) groups excluding carboxylic acids is 1. The van der Waals surface area contributed by atoms with E-state index >= 15 is 0 Å². The fourth-order valence-corrected chi connectivity index (χ4v) is 3.41. The van der Waals surface area contributed by atoms with Gasteiger partial charge in [-0.05, 0) is 23.8 Å². The van der Waals surface area contributed by atoms with Crippen LogP contribution in [0.2, 0.25) is 0 Å². The average molecular weight is 369 g/mol. The van der Waals surface area contributed by atoms with Gasteiger partial charge in [0.2, 0.25) is 0 Å². The van der Waals surface area contributed by atoms with Gasteiger partial charge in [-0.15, -0.1) is 0 Å². The van der Waals surface area contributed by atoms with Crippen molar-refractivity contribution in [2.75, 3.05) is 0 Å². The number of benzene rings is 1. The van der Waals surface area contributed by atoms with Crippen LogP contribution in [0.5, 0.6) is 11.5 Å². The van der Waals surface area contributed by atoms with E-state index in [1.165, 1.54) is 18.2 Å². The van der Waals surface area contributed by atoms with Gasteiger partial charge >= 0.3 is 11.9 Å². The Morgan fingerprint density at radius 2 is 1.79 bits per heavy atom. The number of phenolic OH excluding ortho intramolecular Hbond substituents is 2. The van der Waals surface area contributed by atoms with E-state index in [0.29, 0.717) is 5.56 Å². The zero-order valence-corrected chi connectivity index (χ0v) is 13.5. The SMILES string of the molecule is O=C(O)CC(C(=O)O)N1C(=O)/C(=C/c2cc(O)cc(O)c2)SC1=S. The number of aliphatic carboxylic acids is 2. The number of thioether (sulfide) groups is 1. The van der Waals surface area contributed by atoms with Gasteiger partial charge in [-0.1, -0.05) is 24.0 Å². The molecule has 0 radical (unpaired) electrons. The lowest BCUT2D eigenvalue weighted by molar-refractivity contribution is -0.150. The van der Waals surface area contributed by atoms with E-state index in [0.717, 1.165) is 22.7 Å². The average Bonchev–Trinajstić information content (AvgIpc) is 2.69. The third-order valence-corrected chi connectivity index (χ3v) is 4.34. The predicted octanol–water partition coefficient (Wildman–Crippen LogP) is 1.23. The first kappa shape index (κ1) is 17.8. The molecule has 1 aromatic rings. The van der Waals surface area contributed by atoms with Crippen molar-refractivity contribution in [3.05, 3.63) is 28.7 Å². The fraction of sp³-hybridized carbons (Fsp3) is 0.143. The van der Waals surface area contributed by atoms with Gasteiger partial charge < -0.3 is 20.4 Å². The van der Waals surface area contributed by atoms with Gasteiger partial charge in [0.15, 0.2) is 0 Å². The van der Waals surface area contributed by atoms with Crippen LogP contribution in [0.25, 0.3) is 6.08 Å². The maximum atomic E-state index is 12.4. The Kier molecular flexibility index (Phi) is 5.10. The van der Waals surface area contributed by atoms with Gasteiger partial charge in [0.25, 0.3) is 5.91 Å². The minimum atomic E-state index is -1.61. The quantitative estimate of drug-likeness (QED) is 0.446. The molecule has 126 valence electrons. The molecule has 1 aliphatic heterocycles. The molecule has 0 saturated carbocycles. The largest absolute Gasteiger partial charge is 0.508 e. The zero-order valence-electron chi connectivity index (χ0n) is 11.9. The summed E-state index contributed by atoms with van der Waals surface area (Å²) < 4.78 is -0.0794. The van der Waals surface area contributed by atoms with Crippen molar-refractivity contribution in [1.29, 1.82) is 0 Å². The molecule has 1 saturated heterocycles. The van der Waals surface area contributed by atoms with Crippen LogP contribution in [0.4, 0.5) is 0 Å². The molecule has 0 spiro atoms. The summed E-state index contributed by atoms with van der Waals surface area (Å²) in [5, 5.41) is 36.8. The summed E-state index contributed by atoms with van der Waals surface area (Å²) in [6, 6.07) is 2.07. The van der Waals surface area contributed by atoms with Crippen LogP contribution in [-0.4, -0.2) is 53.5 Å². The predicted molar refractivity (Wildman–Crippen MR) is 88.5 cm³/mol. The van der Waals surface area contributed by atoms with E-state index in [-0.39, 0.29) is 20.7 Å². The Hall–Kier alpha value is -2.59. The summed E-state index contributed by atoms with van der Waals surface area (Å²) in [4.78, 5) is 35.2. The Morgan fingerprint density at radius 3 is 2.29 bits per heavy atom. The Balaban J connectivity index is 2.35. The maximum Gasteiger partial charge on any atom is 0.327 e. The summed E-state index contributed by atoms with van der Waals surface area (Å²) >= 11 is 5.79. The van der Waals surface area contributed by atoms with E-state index in [4.69, 9.17) is 22.4 Å². The lowest BCUT2D eigenvalue weighted by Gasteiger charge is -2.21. The number of carboxylic acid groups (broad SMARTS) is 2. The molecule has 0 bridgehead atoms. The van der Waals surface area contributed by atoms with Crippen molar-refractivity contribution in [2.24, 2.45) is 0 Å². The molecule has 2 rings (SSSR count). The van der Waals surface area contributed by atoms with E-state index in [1.54, 1.807) is 0 Å². The van der Waals surface area contributed by atoms with E-state index in [1.807, 2.05) is 0 Å². The Bertz CT molecular complexity index is 754. The van der Waals surface area contributed by atoms with Crippen molar-refractivity contribution in [3.63, 3.8) is 0 Å². The maximum absolute atomic E-state index is 12.4. The first-order valence-electron chi connectivity index (χ1n) is 6.43. The van der Waals surface area contributed by atoms with Gasteiger partial charge in [-0.2, -0.15) is 0 Å². The number of rotatable bonds is 5. The summed E-state index contributed by atoms with van der Waals surface area (Å²) in [5.74, 6) is -4.04. The lowest BCUT2D eigenvalue weighted by Crippen LogP contribution is -2.45. The van der Waals surface area contributed by atoms with Gasteiger partial charge in [0.05, 0.1) is 11.3 Å². The minimum absolute atomic E-state index is 0.0571. The Labute approximate surface area is 145 Å². The van der Waals surface area contributed by atoms with Crippen LogP contribution < -0.4 is 0 Å². The van der Waals surface area contributed by atoms with Gasteiger partial charge in [-0.25, -0.2) is 4.79 Å². The molecule has 4 N–H and O–H groups in total. The molecule has 1 fully saturated rings. The Morgan fingerprint density at radius 1 is 1.21 bits per heavy atom. The molecule has 1 amide bonds. The second-order valence-electron chi connectivity index (χ2n) is 4.79. The zero-order chi connectivity index (χ0) is 18.0. The van der Waals surface area contributed by atoms with Crippen molar-refractivity contribution in [2.45, 2.75) is 12.5 Å². The number of carbonyl (C=O) groups is 3. The molecule has 1 unspecified atom stereocenters.